The first-order valence-corrected chi connectivity index (χ1v) is 4.68. The van der Waals surface area contributed by atoms with Crippen LogP contribution in [0.3, 0.4) is 0 Å². The van der Waals surface area contributed by atoms with Crippen molar-refractivity contribution in [3.8, 4) is 11.5 Å². The summed E-state index contributed by atoms with van der Waals surface area (Å²) >= 11 is 0. The van der Waals surface area contributed by atoms with Gasteiger partial charge in [0.1, 0.15) is 11.5 Å². The van der Waals surface area contributed by atoms with E-state index in [-0.39, 0.29) is 17.0 Å². The Bertz CT molecular complexity index is 316. The van der Waals surface area contributed by atoms with Crippen molar-refractivity contribution in [2.24, 2.45) is 5.73 Å². The molecule has 0 unspecified atom stereocenters. The van der Waals surface area contributed by atoms with Crippen LogP contribution < -0.4 is 5.73 Å². The molecule has 14 heavy (non-hydrogen) atoms. The second-order valence-electron chi connectivity index (χ2n) is 4.30. The van der Waals surface area contributed by atoms with Gasteiger partial charge in [-0.1, -0.05) is 6.07 Å². The number of nitrogens with two attached hydrogens (primary N) is 1. The largest absolute Gasteiger partial charge is 0.508 e. The SMILES string of the molecule is CC(C)(N)CCc1ccc(O)cc1O. The Hall–Kier alpha value is -1.22. The van der Waals surface area contributed by atoms with E-state index in [0.717, 1.165) is 18.4 Å². The van der Waals surface area contributed by atoms with Gasteiger partial charge in [0.05, 0.1) is 0 Å². The van der Waals surface area contributed by atoms with Crippen LogP contribution >= 0.6 is 0 Å². The first-order valence-electron chi connectivity index (χ1n) is 4.68. The third-order valence-electron chi connectivity index (χ3n) is 2.11. The lowest BCUT2D eigenvalue weighted by Crippen LogP contribution is -2.32. The second kappa shape index (κ2) is 3.88. The maximum atomic E-state index is 9.49. The Morgan fingerprint density at radius 3 is 2.43 bits per heavy atom. The van der Waals surface area contributed by atoms with Crippen molar-refractivity contribution >= 4 is 0 Å². The molecule has 0 bridgehead atoms. The Balaban J connectivity index is 2.68. The van der Waals surface area contributed by atoms with Crippen LogP contribution in [-0.4, -0.2) is 15.8 Å². The van der Waals surface area contributed by atoms with Crippen molar-refractivity contribution < 1.29 is 10.2 Å². The third kappa shape index (κ3) is 3.26. The van der Waals surface area contributed by atoms with Gasteiger partial charge in [-0.05, 0) is 38.3 Å². The van der Waals surface area contributed by atoms with Gasteiger partial charge in [-0.25, -0.2) is 0 Å². The predicted molar refractivity (Wildman–Crippen MR) is 56.4 cm³/mol. The number of phenols is 2. The molecule has 1 rings (SSSR count). The average molecular weight is 195 g/mol. The molecule has 78 valence electrons. The van der Waals surface area contributed by atoms with E-state index < -0.39 is 0 Å². The monoisotopic (exact) mass is 195 g/mol. The van der Waals surface area contributed by atoms with Gasteiger partial charge in [0.25, 0.3) is 0 Å². The fourth-order valence-corrected chi connectivity index (χ4v) is 1.22. The van der Waals surface area contributed by atoms with Crippen molar-refractivity contribution in [1.82, 2.24) is 0 Å². The van der Waals surface area contributed by atoms with E-state index >= 15 is 0 Å². The highest BCUT2D eigenvalue weighted by molar-refractivity contribution is 5.39. The van der Waals surface area contributed by atoms with Crippen molar-refractivity contribution in [2.75, 3.05) is 0 Å². The van der Waals surface area contributed by atoms with E-state index in [1.54, 1.807) is 12.1 Å². The number of aromatic hydroxyl groups is 2. The molecule has 0 fully saturated rings. The molecule has 0 aliphatic rings. The number of benzene rings is 1. The molecular weight excluding hydrogens is 178 g/mol. The van der Waals surface area contributed by atoms with Crippen LogP contribution in [0.1, 0.15) is 25.8 Å². The van der Waals surface area contributed by atoms with Crippen molar-refractivity contribution in [3.05, 3.63) is 23.8 Å². The van der Waals surface area contributed by atoms with Crippen molar-refractivity contribution in [3.63, 3.8) is 0 Å². The molecule has 4 N–H and O–H groups in total. The third-order valence-corrected chi connectivity index (χ3v) is 2.11. The predicted octanol–water partition coefficient (Wildman–Crippen LogP) is 1.77. The molecule has 0 atom stereocenters. The summed E-state index contributed by atoms with van der Waals surface area (Å²) in [6, 6.07) is 4.63. The van der Waals surface area contributed by atoms with Crippen LogP contribution in [0.2, 0.25) is 0 Å². The zero-order valence-corrected chi connectivity index (χ0v) is 8.62. The molecule has 0 spiro atoms. The van der Waals surface area contributed by atoms with Crippen LogP contribution in [0.25, 0.3) is 0 Å². The minimum Gasteiger partial charge on any atom is -0.508 e. The second-order valence-corrected chi connectivity index (χ2v) is 4.30. The number of rotatable bonds is 3. The van der Waals surface area contributed by atoms with E-state index in [9.17, 15) is 5.11 Å². The number of hydrogen-bond acceptors (Lipinski definition) is 3. The quantitative estimate of drug-likeness (QED) is 0.688. The van der Waals surface area contributed by atoms with Crippen LogP contribution in [-0.2, 0) is 6.42 Å². The molecule has 0 heterocycles. The average Bonchev–Trinajstić information content (AvgIpc) is 2.00. The molecule has 3 nitrogen and oxygen atoms in total. The molecule has 0 amide bonds. The summed E-state index contributed by atoms with van der Waals surface area (Å²) in [6.45, 7) is 3.90. The van der Waals surface area contributed by atoms with Crippen molar-refractivity contribution in [2.45, 2.75) is 32.2 Å². The first kappa shape index (κ1) is 10.9. The number of aryl methyl sites for hydroxylation is 1. The van der Waals surface area contributed by atoms with Crippen molar-refractivity contribution in [1.29, 1.82) is 0 Å². The molecule has 0 saturated carbocycles. The normalized spacial score (nSPS) is 11.6. The minimum absolute atomic E-state index is 0.0817. The highest BCUT2D eigenvalue weighted by atomic mass is 16.3. The highest BCUT2D eigenvalue weighted by Gasteiger charge is 2.12. The number of hydrogen-bond donors (Lipinski definition) is 3. The van der Waals surface area contributed by atoms with Gasteiger partial charge < -0.3 is 15.9 Å². The Kier molecular flexibility index (Phi) is 3.01. The zero-order valence-electron chi connectivity index (χ0n) is 8.62. The van der Waals surface area contributed by atoms with Gasteiger partial charge >= 0.3 is 0 Å². The van der Waals surface area contributed by atoms with Crippen LogP contribution in [0.15, 0.2) is 18.2 Å². The molecule has 0 saturated heterocycles. The standard InChI is InChI=1S/C11H17NO2/c1-11(2,12)6-5-8-3-4-9(13)7-10(8)14/h3-4,7,13-14H,5-6,12H2,1-2H3. The first-order chi connectivity index (χ1) is 6.38. The maximum absolute atomic E-state index is 9.49. The molecule has 0 aliphatic carbocycles. The lowest BCUT2D eigenvalue weighted by Gasteiger charge is -2.18. The van der Waals surface area contributed by atoms with E-state index in [0.29, 0.717) is 0 Å². The van der Waals surface area contributed by atoms with Crippen LogP contribution in [0, 0.1) is 0 Å². The summed E-state index contributed by atoms with van der Waals surface area (Å²) in [5.41, 5.74) is 6.42. The highest BCUT2D eigenvalue weighted by Crippen LogP contribution is 2.24. The minimum atomic E-state index is -0.232. The summed E-state index contributed by atoms with van der Waals surface area (Å²) in [5, 5.41) is 18.6. The van der Waals surface area contributed by atoms with E-state index in [2.05, 4.69) is 0 Å². The Morgan fingerprint density at radius 1 is 1.29 bits per heavy atom. The summed E-state index contributed by atoms with van der Waals surface area (Å²) in [7, 11) is 0. The smallest absolute Gasteiger partial charge is 0.122 e. The summed E-state index contributed by atoms with van der Waals surface area (Å²) in [5.74, 6) is 0.215. The van der Waals surface area contributed by atoms with Gasteiger partial charge in [0, 0.05) is 11.6 Å². The molecular formula is C11H17NO2. The van der Waals surface area contributed by atoms with Gasteiger partial charge in [-0.3, -0.25) is 0 Å². The Morgan fingerprint density at radius 2 is 1.93 bits per heavy atom. The van der Waals surface area contributed by atoms with E-state index in [4.69, 9.17) is 10.8 Å². The van der Waals surface area contributed by atoms with Gasteiger partial charge in [-0.15, -0.1) is 0 Å². The lowest BCUT2D eigenvalue weighted by atomic mass is 9.96. The Labute approximate surface area is 84.2 Å². The fourth-order valence-electron chi connectivity index (χ4n) is 1.22. The van der Waals surface area contributed by atoms with Crippen LogP contribution in [0.5, 0.6) is 11.5 Å². The lowest BCUT2D eigenvalue weighted by molar-refractivity contribution is 0.436. The fraction of sp³-hybridized carbons (Fsp3) is 0.455. The molecule has 3 heteroatoms. The zero-order chi connectivity index (χ0) is 10.8. The molecule has 0 radical (unpaired) electrons. The molecule has 1 aromatic carbocycles. The van der Waals surface area contributed by atoms with E-state index in [1.165, 1.54) is 6.07 Å². The van der Waals surface area contributed by atoms with Gasteiger partial charge in [-0.2, -0.15) is 0 Å². The van der Waals surface area contributed by atoms with Gasteiger partial charge in [0.15, 0.2) is 0 Å². The van der Waals surface area contributed by atoms with Gasteiger partial charge in [0.2, 0.25) is 0 Å². The molecule has 0 aliphatic heterocycles. The molecule has 0 aromatic heterocycles. The summed E-state index contributed by atoms with van der Waals surface area (Å²) in [6.07, 6.45) is 1.51. The van der Waals surface area contributed by atoms with E-state index in [1.807, 2.05) is 13.8 Å². The molecule has 1 aromatic rings. The number of phenolic OH excluding ortho intramolecular Hbond substituents is 2. The summed E-state index contributed by atoms with van der Waals surface area (Å²) in [4.78, 5) is 0. The maximum Gasteiger partial charge on any atom is 0.122 e. The summed E-state index contributed by atoms with van der Waals surface area (Å²) < 4.78 is 0. The topological polar surface area (TPSA) is 66.5 Å². The van der Waals surface area contributed by atoms with Crippen LogP contribution in [0.4, 0.5) is 0 Å².